The van der Waals surface area contributed by atoms with Crippen LogP contribution in [0.1, 0.15) is 22.3 Å². The number of β-amino-alcohol motifs (C(OH)–C–C–N with tert-alkyl or cyclic N) is 1. The fraction of sp³-hybridized carbons (Fsp3) is 0.278. The molecule has 1 aliphatic heterocycles. The SMILES string of the molecule is O=C(c1ccc(COc2ccccc2)cc1)N1CC[C@H](O)C1. The summed E-state index contributed by atoms with van der Waals surface area (Å²) in [6.45, 7) is 1.53. The lowest BCUT2D eigenvalue weighted by atomic mass is 10.1. The lowest BCUT2D eigenvalue weighted by Gasteiger charge is -2.15. The first-order valence-corrected chi connectivity index (χ1v) is 7.46. The van der Waals surface area contributed by atoms with Gasteiger partial charge in [-0.2, -0.15) is 0 Å². The van der Waals surface area contributed by atoms with E-state index < -0.39 is 0 Å². The Morgan fingerprint density at radius 3 is 2.50 bits per heavy atom. The number of hydrogen-bond acceptors (Lipinski definition) is 3. The average molecular weight is 297 g/mol. The van der Waals surface area contributed by atoms with Crippen molar-refractivity contribution in [2.75, 3.05) is 13.1 Å². The summed E-state index contributed by atoms with van der Waals surface area (Å²) in [6.07, 6.45) is 0.275. The maximum Gasteiger partial charge on any atom is 0.253 e. The number of rotatable bonds is 4. The first kappa shape index (κ1) is 14.6. The van der Waals surface area contributed by atoms with Gasteiger partial charge in [-0.1, -0.05) is 30.3 Å². The summed E-state index contributed by atoms with van der Waals surface area (Å²) in [6, 6.07) is 17.1. The largest absolute Gasteiger partial charge is 0.489 e. The number of nitrogens with zero attached hydrogens (tertiary/aromatic N) is 1. The highest BCUT2D eigenvalue weighted by Crippen LogP contribution is 2.15. The second-order valence-corrected chi connectivity index (χ2v) is 5.49. The Morgan fingerprint density at radius 2 is 1.86 bits per heavy atom. The van der Waals surface area contributed by atoms with Crippen LogP contribution in [-0.2, 0) is 6.61 Å². The number of para-hydroxylation sites is 1. The molecule has 1 atom stereocenters. The van der Waals surface area contributed by atoms with E-state index in [1.807, 2.05) is 54.6 Å². The predicted octanol–water partition coefficient (Wildman–Crippen LogP) is 2.47. The van der Waals surface area contributed by atoms with Gasteiger partial charge in [-0.25, -0.2) is 0 Å². The van der Waals surface area contributed by atoms with Gasteiger partial charge in [-0.3, -0.25) is 4.79 Å². The topological polar surface area (TPSA) is 49.8 Å². The van der Waals surface area contributed by atoms with Crippen LogP contribution in [0.5, 0.6) is 5.75 Å². The van der Waals surface area contributed by atoms with Crippen LogP contribution in [0, 0.1) is 0 Å². The van der Waals surface area contributed by atoms with E-state index in [1.54, 1.807) is 4.90 Å². The summed E-state index contributed by atoms with van der Waals surface area (Å²) in [7, 11) is 0. The molecule has 1 heterocycles. The van der Waals surface area contributed by atoms with Gasteiger partial charge >= 0.3 is 0 Å². The summed E-state index contributed by atoms with van der Waals surface area (Å²) >= 11 is 0. The van der Waals surface area contributed by atoms with Crippen molar-refractivity contribution in [3.8, 4) is 5.75 Å². The molecule has 0 bridgehead atoms. The maximum absolute atomic E-state index is 12.3. The summed E-state index contributed by atoms with van der Waals surface area (Å²) in [5.74, 6) is 0.806. The molecule has 4 heteroatoms. The van der Waals surface area contributed by atoms with Gasteiger partial charge < -0.3 is 14.7 Å². The van der Waals surface area contributed by atoms with Gasteiger partial charge in [-0.05, 0) is 36.2 Å². The Balaban J connectivity index is 1.59. The van der Waals surface area contributed by atoms with Gasteiger partial charge in [0.25, 0.3) is 5.91 Å². The van der Waals surface area contributed by atoms with E-state index in [-0.39, 0.29) is 12.0 Å². The average Bonchev–Trinajstić information content (AvgIpc) is 3.00. The molecule has 1 aliphatic rings. The van der Waals surface area contributed by atoms with Crippen LogP contribution in [-0.4, -0.2) is 35.1 Å². The number of ether oxygens (including phenoxy) is 1. The van der Waals surface area contributed by atoms with Crippen LogP contribution in [0.15, 0.2) is 54.6 Å². The standard InChI is InChI=1S/C18H19NO3/c20-16-10-11-19(12-16)18(21)15-8-6-14(7-9-15)13-22-17-4-2-1-3-5-17/h1-9,16,20H,10-13H2/t16-/m0/s1. The highest BCUT2D eigenvalue weighted by Gasteiger charge is 2.25. The molecule has 0 spiro atoms. The number of aliphatic hydroxyl groups excluding tert-OH is 1. The Morgan fingerprint density at radius 1 is 1.14 bits per heavy atom. The fourth-order valence-electron chi connectivity index (χ4n) is 2.54. The zero-order valence-electron chi connectivity index (χ0n) is 12.3. The lowest BCUT2D eigenvalue weighted by molar-refractivity contribution is 0.0765. The van der Waals surface area contributed by atoms with E-state index in [9.17, 15) is 9.90 Å². The third-order valence-corrected chi connectivity index (χ3v) is 3.80. The van der Waals surface area contributed by atoms with Gasteiger partial charge in [-0.15, -0.1) is 0 Å². The quantitative estimate of drug-likeness (QED) is 0.943. The molecule has 1 N–H and O–H groups in total. The van der Waals surface area contributed by atoms with Gasteiger partial charge in [0.15, 0.2) is 0 Å². The molecule has 114 valence electrons. The van der Waals surface area contributed by atoms with Crippen molar-refractivity contribution in [2.24, 2.45) is 0 Å². The monoisotopic (exact) mass is 297 g/mol. The molecule has 2 aromatic rings. The van der Waals surface area contributed by atoms with Crippen molar-refractivity contribution in [3.05, 3.63) is 65.7 Å². The minimum atomic E-state index is -0.387. The van der Waals surface area contributed by atoms with Crippen molar-refractivity contribution < 1.29 is 14.6 Å². The summed E-state index contributed by atoms with van der Waals surface area (Å²) < 4.78 is 5.68. The first-order valence-electron chi connectivity index (χ1n) is 7.46. The molecule has 1 amide bonds. The van der Waals surface area contributed by atoms with Crippen LogP contribution in [0.25, 0.3) is 0 Å². The van der Waals surface area contributed by atoms with Crippen molar-refractivity contribution in [1.82, 2.24) is 4.90 Å². The second-order valence-electron chi connectivity index (χ2n) is 5.49. The van der Waals surface area contributed by atoms with Gasteiger partial charge in [0, 0.05) is 18.7 Å². The van der Waals surface area contributed by atoms with Gasteiger partial charge in [0.1, 0.15) is 12.4 Å². The van der Waals surface area contributed by atoms with Crippen LogP contribution in [0.4, 0.5) is 0 Å². The third-order valence-electron chi connectivity index (χ3n) is 3.80. The third kappa shape index (κ3) is 3.46. The first-order chi connectivity index (χ1) is 10.7. The summed E-state index contributed by atoms with van der Waals surface area (Å²) in [5, 5.41) is 9.51. The number of aliphatic hydroxyl groups is 1. The molecular formula is C18H19NO3. The Bertz CT molecular complexity index is 625. The lowest BCUT2D eigenvalue weighted by Crippen LogP contribution is -2.29. The smallest absolute Gasteiger partial charge is 0.253 e. The van der Waals surface area contributed by atoms with E-state index >= 15 is 0 Å². The molecule has 1 fully saturated rings. The Hall–Kier alpha value is -2.33. The second kappa shape index (κ2) is 6.62. The van der Waals surface area contributed by atoms with E-state index in [1.165, 1.54) is 0 Å². The molecule has 0 unspecified atom stereocenters. The number of amides is 1. The van der Waals surface area contributed by atoms with E-state index in [0.717, 1.165) is 11.3 Å². The number of carbonyl (C=O) groups excluding carboxylic acids is 1. The van der Waals surface area contributed by atoms with Crippen LogP contribution in [0.3, 0.4) is 0 Å². The molecule has 22 heavy (non-hydrogen) atoms. The molecule has 0 radical (unpaired) electrons. The van der Waals surface area contributed by atoms with E-state index in [2.05, 4.69) is 0 Å². The molecule has 3 rings (SSSR count). The Kier molecular flexibility index (Phi) is 4.39. The van der Waals surface area contributed by atoms with Crippen molar-refractivity contribution in [1.29, 1.82) is 0 Å². The van der Waals surface area contributed by atoms with Gasteiger partial charge in [0.05, 0.1) is 6.10 Å². The number of hydrogen-bond donors (Lipinski definition) is 1. The Labute approximate surface area is 130 Å². The number of benzene rings is 2. The minimum absolute atomic E-state index is 0.0212. The number of carbonyl (C=O) groups is 1. The van der Waals surface area contributed by atoms with Gasteiger partial charge in [0.2, 0.25) is 0 Å². The highest BCUT2D eigenvalue weighted by molar-refractivity contribution is 5.94. The predicted molar refractivity (Wildman–Crippen MR) is 83.7 cm³/mol. The fourth-order valence-corrected chi connectivity index (χ4v) is 2.54. The van der Waals surface area contributed by atoms with Crippen molar-refractivity contribution >= 4 is 5.91 Å². The minimum Gasteiger partial charge on any atom is -0.489 e. The van der Waals surface area contributed by atoms with E-state index in [4.69, 9.17) is 4.74 Å². The molecule has 2 aromatic carbocycles. The summed E-state index contributed by atoms with van der Waals surface area (Å²) in [5.41, 5.74) is 1.67. The van der Waals surface area contributed by atoms with Crippen molar-refractivity contribution in [2.45, 2.75) is 19.1 Å². The van der Waals surface area contributed by atoms with Crippen molar-refractivity contribution in [3.63, 3.8) is 0 Å². The molecule has 0 aromatic heterocycles. The zero-order chi connectivity index (χ0) is 15.4. The van der Waals surface area contributed by atoms with E-state index in [0.29, 0.717) is 31.7 Å². The molecule has 0 saturated carbocycles. The molecule has 1 saturated heterocycles. The van der Waals surface area contributed by atoms with Crippen LogP contribution >= 0.6 is 0 Å². The molecular weight excluding hydrogens is 278 g/mol. The zero-order valence-corrected chi connectivity index (χ0v) is 12.3. The molecule has 4 nitrogen and oxygen atoms in total. The molecule has 0 aliphatic carbocycles. The van der Waals surface area contributed by atoms with Crippen LogP contribution in [0.2, 0.25) is 0 Å². The van der Waals surface area contributed by atoms with Crippen LogP contribution < -0.4 is 4.74 Å². The normalized spacial score (nSPS) is 17.5. The maximum atomic E-state index is 12.3. The number of likely N-dealkylation sites (tertiary alicyclic amines) is 1. The highest BCUT2D eigenvalue weighted by atomic mass is 16.5. The summed E-state index contributed by atoms with van der Waals surface area (Å²) in [4.78, 5) is 14.0.